The lowest BCUT2D eigenvalue weighted by atomic mass is 10.2. The Labute approximate surface area is 88.3 Å². The third-order valence-corrected chi connectivity index (χ3v) is 3.73. The van der Waals surface area contributed by atoms with Gasteiger partial charge in [-0.3, -0.25) is 0 Å². The summed E-state index contributed by atoms with van der Waals surface area (Å²) in [5.74, 6) is 0. The first-order chi connectivity index (χ1) is 6.74. The fourth-order valence-corrected chi connectivity index (χ4v) is 2.78. The van der Waals surface area contributed by atoms with Gasteiger partial charge in [-0.1, -0.05) is 0 Å². The summed E-state index contributed by atoms with van der Waals surface area (Å²) < 4.78 is 12.9. The van der Waals surface area contributed by atoms with Gasteiger partial charge in [-0.2, -0.15) is 0 Å². The third kappa shape index (κ3) is 2.55. The van der Waals surface area contributed by atoms with E-state index in [4.69, 9.17) is 0 Å². The van der Waals surface area contributed by atoms with Crippen LogP contribution < -0.4 is 5.32 Å². The van der Waals surface area contributed by atoms with Crippen LogP contribution in [0.15, 0.2) is 12.1 Å². The van der Waals surface area contributed by atoms with Crippen LogP contribution >= 0.6 is 11.3 Å². The smallest absolute Gasteiger partial charge is 0.102 e. The molecule has 1 nitrogen and oxygen atoms in total. The number of aryl methyl sites for hydroxylation is 1. The minimum absolute atomic E-state index is 0.396. The van der Waals surface area contributed by atoms with Crippen molar-refractivity contribution >= 4 is 11.3 Å². The molecule has 1 fully saturated rings. The molecule has 0 radical (unpaired) electrons. The molecule has 1 heterocycles. The SMILES string of the molecule is Cc1ccc(CNC2CCC(F)C2)s1. The lowest BCUT2D eigenvalue weighted by Crippen LogP contribution is -2.25. The molecule has 0 bridgehead atoms. The van der Waals surface area contributed by atoms with Gasteiger partial charge < -0.3 is 5.32 Å². The first-order valence-electron chi connectivity index (χ1n) is 5.17. The summed E-state index contributed by atoms with van der Waals surface area (Å²) in [5.41, 5.74) is 0. The molecule has 2 atom stereocenters. The minimum atomic E-state index is -0.572. The average Bonchev–Trinajstić information content (AvgIpc) is 2.72. The van der Waals surface area contributed by atoms with E-state index in [9.17, 15) is 4.39 Å². The van der Waals surface area contributed by atoms with Crippen LogP contribution in [0.4, 0.5) is 4.39 Å². The van der Waals surface area contributed by atoms with Crippen molar-refractivity contribution in [3.05, 3.63) is 21.9 Å². The second-order valence-electron chi connectivity index (χ2n) is 4.00. The van der Waals surface area contributed by atoms with Crippen molar-refractivity contribution in [1.29, 1.82) is 0 Å². The van der Waals surface area contributed by atoms with Crippen LogP contribution in [0.1, 0.15) is 29.0 Å². The zero-order valence-corrected chi connectivity index (χ0v) is 9.24. The highest BCUT2D eigenvalue weighted by Gasteiger charge is 2.23. The van der Waals surface area contributed by atoms with Gasteiger partial charge in [-0.25, -0.2) is 4.39 Å². The fraction of sp³-hybridized carbons (Fsp3) is 0.636. The largest absolute Gasteiger partial charge is 0.309 e. The maximum Gasteiger partial charge on any atom is 0.102 e. The van der Waals surface area contributed by atoms with Crippen molar-refractivity contribution in [3.8, 4) is 0 Å². The van der Waals surface area contributed by atoms with Crippen molar-refractivity contribution in [2.24, 2.45) is 0 Å². The van der Waals surface area contributed by atoms with E-state index in [0.29, 0.717) is 12.5 Å². The first-order valence-corrected chi connectivity index (χ1v) is 5.98. The average molecular weight is 213 g/mol. The number of nitrogens with one attached hydrogen (secondary N) is 1. The van der Waals surface area contributed by atoms with E-state index in [0.717, 1.165) is 19.4 Å². The molecule has 0 amide bonds. The predicted octanol–water partition coefficient (Wildman–Crippen LogP) is 3.04. The molecule has 1 N–H and O–H groups in total. The molecule has 2 unspecified atom stereocenters. The molecular weight excluding hydrogens is 197 g/mol. The monoisotopic (exact) mass is 213 g/mol. The van der Waals surface area contributed by atoms with E-state index < -0.39 is 6.17 Å². The number of alkyl halides is 1. The first kappa shape index (κ1) is 10.1. The molecule has 0 spiro atoms. The molecule has 3 heteroatoms. The molecular formula is C11H16FNS. The maximum absolute atomic E-state index is 12.9. The minimum Gasteiger partial charge on any atom is -0.309 e. The van der Waals surface area contributed by atoms with E-state index in [1.807, 2.05) is 11.3 Å². The van der Waals surface area contributed by atoms with Gasteiger partial charge in [-0.15, -0.1) is 11.3 Å². The maximum atomic E-state index is 12.9. The summed E-state index contributed by atoms with van der Waals surface area (Å²) in [6.07, 6.45) is 1.86. The zero-order chi connectivity index (χ0) is 9.97. The van der Waals surface area contributed by atoms with Crippen molar-refractivity contribution in [2.45, 2.75) is 44.9 Å². The Morgan fingerprint density at radius 1 is 1.50 bits per heavy atom. The number of rotatable bonds is 3. The van der Waals surface area contributed by atoms with E-state index in [1.165, 1.54) is 9.75 Å². The van der Waals surface area contributed by atoms with Crippen molar-refractivity contribution < 1.29 is 4.39 Å². The Hall–Kier alpha value is -0.410. The van der Waals surface area contributed by atoms with Crippen LogP contribution in [0, 0.1) is 6.92 Å². The number of halogens is 1. The van der Waals surface area contributed by atoms with Crippen LogP contribution in [0.2, 0.25) is 0 Å². The second-order valence-corrected chi connectivity index (χ2v) is 5.37. The van der Waals surface area contributed by atoms with Gasteiger partial charge in [0.15, 0.2) is 0 Å². The highest BCUT2D eigenvalue weighted by Crippen LogP contribution is 2.22. The fourth-order valence-electron chi connectivity index (χ4n) is 1.94. The van der Waals surface area contributed by atoms with Gasteiger partial charge in [0.25, 0.3) is 0 Å². The zero-order valence-electron chi connectivity index (χ0n) is 8.42. The van der Waals surface area contributed by atoms with Crippen LogP contribution in [-0.2, 0) is 6.54 Å². The molecule has 0 aliphatic heterocycles. The third-order valence-electron chi connectivity index (χ3n) is 2.73. The number of hydrogen-bond acceptors (Lipinski definition) is 2. The molecule has 1 aromatic rings. The molecule has 0 aromatic carbocycles. The van der Waals surface area contributed by atoms with Crippen LogP contribution in [0.5, 0.6) is 0 Å². The Kier molecular flexibility index (Phi) is 3.19. The summed E-state index contributed by atoms with van der Waals surface area (Å²) in [7, 11) is 0. The van der Waals surface area contributed by atoms with Gasteiger partial charge >= 0.3 is 0 Å². The molecule has 2 rings (SSSR count). The summed E-state index contributed by atoms with van der Waals surface area (Å²) in [6.45, 7) is 3.01. The van der Waals surface area contributed by atoms with E-state index >= 15 is 0 Å². The van der Waals surface area contributed by atoms with Gasteiger partial charge in [0.05, 0.1) is 0 Å². The number of thiophene rings is 1. The van der Waals surface area contributed by atoms with Gasteiger partial charge in [0, 0.05) is 22.3 Å². The van der Waals surface area contributed by atoms with Crippen LogP contribution in [0.25, 0.3) is 0 Å². The molecule has 14 heavy (non-hydrogen) atoms. The highest BCUT2D eigenvalue weighted by molar-refractivity contribution is 7.11. The molecule has 0 saturated heterocycles. The van der Waals surface area contributed by atoms with Gasteiger partial charge in [0.2, 0.25) is 0 Å². The van der Waals surface area contributed by atoms with Crippen LogP contribution in [0.3, 0.4) is 0 Å². The molecule has 1 aliphatic carbocycles. The summed E-state index contributed by atoms with van der Waals surface area (Å²) in [6, 6.07) is 4.68. The Balaban J connectivity index is 1.77. The Morgan fingerprint density at radius 3 is 2.93 bits per heavy atom. The Bertz CT molecular complexity index is 297. The van der Waals surface area contributed by atoms with Gasteiger partial charge in [-0.05, 0) is 38.3 Å². The standard InChI is InChI=1S/C11H16FNS/c1-8-2-5-11(14-8)7-13-10-4-3-9(12)6-10/h2,5,9-10,13H,3-4,6-7H2,1H3. The van der Waals surface area contributed by atoms with Crippen molar-refractivity contribution in [1.82, 2.24) is 5.32 Å². The highest BCUT2D eigenvalue weighted by atomic mass is 32.1. The lowest BCUT2D eigenvalue weighted by Gasteiger charge is -2.09. The van der Waals surface area contributed by atoms with E-state index in [-0.39, 0.29) is 0 Å². The quantitative estimate of drug-likeness (QED) is 0.813. The van der Waals surface area contributed by atoms with Crippen molar-refractivity contribution in [2.75, 3.05) is 0 Å². The van der Waals surface area contributed by atoms with Crippen LogP contribution in [-0.4, -0.2) is 12.2 Å². The van der Waals surface area contributed by atoms with Crippen molar-refractivity contribution in [3.63, 3.8) is 0 Å². The van der Waals surface area contributed by atoms with E-state index in [2.05, 4.69) is 24.4 Å². The number of hydrogen-bond donors (Lipinski definition) is 1. The molecule has 1 aromatic heterocycles. The molecule has 1 saturated carbocycles. The summed E-state index contributed by atoms with van der Waals surface area (Å²) >= 11 is 1.82. The normalized spacial score (nSPS) is 27.0. The summed E-state index contributed by atoms with van der Waals surface area (Å²) in [5, 5.41) is 3.41. The van der Waals surface area contributed by atoms with E-state index in [1.54, 1.807) is 0 Å². The topological polar surface area (TPSA) is 12.0 Å². The lowest BCUT2D eigenvalue weighted by molar-refractivity contribution is 0.333. The second kappa shape index (κ2) is 4.41. The summed E-state index contributed by atoms with van der Waals surface area (Å²) in [4.78, 5) is 2.70. The Morgan fingerprint density at radius 2 is 2.36 bits per heavy atom. The molecule has 1 aliphatic rings. The van der Waals surface area contributed by atoms with Gasteiger partial charge in [0.1, 0.15) is 6.17 Å². The molecule has 78 valence electrons. The predicted molar refractivity (Wildman–Crippen MR) is 58.4 cm³/mol.